The first-order chi connectivity index (χ1) is 9.56. The number of amides is 1. The number of carbonyl (C=O) groups excluding carboxylic acids is 1. The number of alkyl halides is 1. The number of rotatable bonds is 4. The zero-order valence-electron chi connectivity index (χ0n) is 11.6. The molecule has 0 saturated heterocycles. The van der Waals surface area contributed by atoms with E-state index in [0.717, 1.165) is 5.75 Å². The lowest BCUT2D eigenvalue weighted by Gasteiger charge is -2.53. The van der Waals surface area contributed by atoms with E-state index in [9.17, 15) is 4.79 Å². The van der Waals surface area contributed by atoms with Gasteiger partial charge in [-0.05, 0) is 50.2 Å². The summed E-state index contributed by atoms with van der Waals surface area (Å²) in [5, 5.41) is 2.73. The lowest BCUT2D eigenvalue weighted by Crippen LogP contribution is -2.48. The fourth-order valence-corrected chi connectivity index (χ4v) is 3.13. The van der Waals surface area contributed by atoms with E-state index in [4.69, 9.17) is 4.74 Å². The zero-order valence-corrected chi connectivity index (χ0v) is 13.1. The Kier molecular flexibility index (Phi) is 3.71. The van der Waals surface area contributed by atoms with Crippen LogP contribution >= 0.6 is 15.9 Å². The lowest BCUT2D eigenvalue weighted by atomic mass is 9.55. The summed E-state index contributed by atoms with van der Waals surface area (Å²) in [6, 6.07) is 3.65. The highest BCUT2D eigenvalue weighted by Gasteiger charge is 2.49. The van der Waals surface area contributed by atoms with E-state index >= 15 is 0 Å². The number of anilines is 1. The van der Waals surface area contributed by atoms with E-state index in [1.807, 2.05) is 6.07 Å². The van der Waals surface area contributed by atoms with E-state index in [1.54, 1.807) is 19.2 Å². The van der Waals surface area contributed by atoms with Gasteiger partial charge in [-0.2, -0.15) is 0 Å². The van der Waals surface area contributed by atoms with Crippen molar-refractivity contribution in [1.82, 2.24) is 4.98 Å². The maximum atomic E-state index is 11.5. The van der Waals surface area contributed by atoms with Crippen molar-refractivity contribution in [2.75, 3.05) is 5.32 Å². The third-order valence-corrected chi connectivity index (χ3v) is 4.80. The van der Waals surface area contributed by atoms with Crippen LogP contribution in [0, 0.1) is 5.41 Å². The van der Waals surface area contributed by atoms with Gasteiger partial charge in [0.25, 0.3) is 0 Å². The fraction of sp³-hybridized carbons (Fsp3) is 0.600. The Bertz CT molecular complexity index is 489. The molecular formula is C15H19BrN2O2. The van der Waals surface area contributed by atoms with Gasteiger partial charge in [-0.1, -0.05) is 22.4 Å². The van der Waals surface area contributed by atoms with Gasteiger partial charge in [0.1, 0.15) is 11.6 Å². The van der Waals surface area contributed by atoms with Crippen molar-refractivity contribution >= 4 is 27.7 Å². The zero-order chi connectivity index (χ0) is 14.2. The molecule has 0 radical (unpaired) electrons. The predicted octanol–water partition coefficient (Wildman–Crippen LogP) is 3.52. The molecule has 108 valence electrons. The summed E-state index contributed by atoms with van der Waals surface area (Å²) in [4.78, 5) is 15.5. The van der Waals surface area contributed by atoms with Gasteiger partial charge in [0.15, 0.2) is 0 Å². The molecule has 0 bridgehead atoms. The van der Waals surface area contributed by atoms with E-state index in [2.05, 4.69) is 26.2 Å². The van der Waals surface area contributed by atoms with Crippen LogP contribution in [0.4, 0.5) is 5.82 Å². The number of carbonyl (C=O) groups is 1. The van der Waals surface area contributed by atoms with E-state index in [1.165, 1.54) is 32.1 Å². The summed E-state index contributed by atoms with van der Waals surface area (Å²) in [7, 11) is 0. The van der Waals surface area contributed by atoms with E-state index < -0.39 is 0 Å². The number of nitrogens with zero attached hydrogens (tertiary/aromatic N) is 1. The number of halogens is 1. The predicted molar refractivity (Wildman–Crippen MR) is 81.2 cm³/mol. The summed E-state index contributed by atoms with van der Waals surface area (Å²) in [5.74, 6) is 1.24. The largest absolute Gasteiger partial charge is 0.489 e. The average molecular weight is 339 g/mol. The second-order valence-corrected chi connectivity index (χ2v) is 7.36. The molecule has 2 aliphatic rings. The van der Waals surface area contributed by atoms with Crippen molar-refractivity contribution < 1.29 is 9.53 Å². The Morgan fingerprint density at radius 3 is 2.75 bits per heavy atom. The van der Waals surface area contributed by atoms with Gasteiger partial charge >= 0.3 is 0 Å². The van der Waals surface area contributed by atoms with Crippen molar-refractivity contribution in [3.05, 3.63) is 18.3 Å². The number of hydrogen-bond acceptors (Lipinski definition) is 3. The molecule has 1 amide bonds. The van der Waals surface area contributed by atoms with Crippen molar-refractivity contribution in [3.63, 3.8) is 0 Å². The Labute approximate surface area is 127 Å². The Balaban J connectivity index is 1.50. The van der Waals surface area contributed by atoms with Crippen LogP contribution in [0.25, 0.3) is 0 Å². The van der Waals surface area contributed by atoms with Crippen LogP contribution in [-0.4, -0.2) is 21.8 Å². The van der Waals surface area contributed by atoms with Crippen LogP contribution in [0.1, 0.15) is 39.0 Å². The van der Waals surface area contributed by atoms with Crippen molar-refractivity contribution in [1.29, 1.82) is 0 Å². The van der Waals surface area contributed by atoms with Crippen LogP contribution in [0.15, 0.2) is 18.3 Å². The Hall–Kier alpha value is -1.10. The van der Waals surface area contributed by atoms with Crippen LogP contribution in [0.3, 0.4) is 0 Å². The molecular weight excluding hydrogens is 320 g/mol. The average Bonchev–Trinajstić information content (AvgIpc) is 2.32. The molecule has 0 aliphatic heterocycles. The van der Waals surface area contributed by atoms with Gasteiger partial charge in [-0.15, -0.1) is 0 Å². The van der Waals surface area contributed by atoms with Gasteiger partial charge in [0, 0.05) is 0 Å². The first-order valence-corrected chi connectivity index (χ1v) is 8.06. The normalized spacial score (nSPS) is 21.7. The van der Waals surface area contributed by atoms with Crippen LogP contribution in [0.5, 0.6) is 5.75 Å². The lowest BCUT2D eigenvalue weighted by molar-refractivity contribution is -0.115. The van der Waals surface area contributed by atoms with Gasteiger partial charge in [-0.25, -0.2) is 4.98 Å². The fourth-order valence-electron chi connectivity index (χ4n) is 3.02. The minimum atomic E-state index is -0.228. The van der Waals surface area contributed by atoms with Gasteiger partial charge in [0.05, 0.1) is 17.1 Å². The number of hydrogen-bond donors (Lipinski definition) is 1. The third-order valence-electron chi connectivity index (χ3n) is 4.39. The smallest absolute Gasteiger partial charge is 0.239 e. The molecule has 1 aromatic heterocycles. The molecule has 0 aromatic carbocycles. The second-order valence-electron chi connectivity index (χ2n) is 5.99. The summed E-state index contributed by atoms with van der Waals surface area (Å²) in [6.07, 6.45) is 8.54. The molecule has 1 aromatic rings. The molecule has 5 heteroatoms. The highest BCUT2D eigenvalue weighted by atomic mass is 79.9. The van der Waals surface area contributed by atoms with Crippen LogP contribution in [-0.2, 0) is 4.79 Å². The maximum absolute atomic E-state index is 11.5. The molecule has 2 aliphatic carbocycles. The van der Waals surface area contributed by atoms with Gasteiger partial charge < -0.3 is 10.1 Å². The molecule has 1 heterocycles. The standard InChI is InChI=1S/C15H19BrN2O2/c1-10(16)14(19)18-13-4-3-11(9-17-13)20-12-7-15(8-12)5-2-6-15/h3-4,9-10,12H,2,5-8H2,1H3,(H,17,18,19). The molecule has 3 rings (SSSR count). The molecule has 2 saturated carbocycles. The molecule has 2 fully saturated rings. The van der Waals surface area contributed by atoms with Crippen LogP contribution in [0.2, 0.25) is 0 Å². The minimum Gasteiger partial charge on any atom is -0.489 e. The van der Waals surface area contributed by atoms with E-state index in [-0.39, 0.29) is 10.7 Å². The number of ether oxygens (including phenoxy) is 1. The van der Waals surface area contributed by atoms with Crippen molar-refractivity contribution in [3.8, 4) is 5.75 Å². The SMILES string of the molecule is CC(Br)C(=O)Nc1ccc(OC2CC3(CCC3)C2)cn1. The molecule has 1 spiro atoms. The van der Waals surface area contributed by atoms with Gasteiger partial charge in [-0.3, -0.25) is 4.79 Å². The molecule has 1 N–H and O–H groups in total. The number of pyridine rings is 1. The molecule has 1 atom stereocenters. The second kappa shape index (κ2) is 5.35. The van der Waals surface area contributed by atoms with Crippen LogP contribution < -0.4 is 10.1 Å². The van der Waals surface area contributed by atoms with Crippen molar-refractivity contribution in [2.45, 2.75) is 50.0 Å². The first-order valence-electron chi connectivity index (χ1n) is 7.14. The Morgan fingerprint density at radius 2 is 2.25 bits per heavy atom. The summed E-state index contributed by atoms with van der Waals surface area (Å²) < 4.78 is 5.90. The number of aromatic nitrogens is 1. The van der Waals surface area contributed by atoms with Crippen molar-refractivity contribution in [2.24, 2.45) is 5.41 Å². The molecule has 4 nitrogen and oxygen atoms in total. The third kappa shape index (κ3) is 2.82. The highest BCUT2D eigenvalue weighted by Crippen LogP contribution is 2.56. The first kappa shape index (κ1) is 13.9. The number of nitrogens with one attached hydrogen (secondary N) is 1. The quantitative estimate of drug-likeness (QED) is 0.854. The highest BCUT2D eigenvalue weighted by molar-refractivity contribution is 9.10. The molecule has 20 heavy (non-hydrogen) atoms. The minimum absolute atomic E-state index is 0.0999. The Morgan fingerprint density at radius 1 is 1.50 bits per heavy atom. The summed E-state index contributed by atoms with van der Waals surface area (Å²) in [5.41, 5.74) is 0.623. The summed E-state index contributed by atoms with van der Waals surface area (Å²) in [6.45, 7) is 1.78. The molecule has 1 unspecified atom stereocenters. The topological polar surface area (TPSA) is 51.2 Å². The summed E-state index contributed by atoms with van der Waals surface area (Å²) >= 11 is 3.22. The van der Waals surface area contributed by atoms with Gasteiger partial charge in [0.2, 0.25) is 5.91 Å². The van der Waals surface area contributed by atoms with E-state index in [0.29, 0.717) is 17.3 Å². The monoisotopic (exact) mass is 338 g/mol. The maximum Gasteiger partial charge on any atom is 0.239 e.